The molecule has 1 aliphatic heterocycles. The number of anilines is 1. The summed E-state index contributed by atoms with van der Waals surface area (Å²) in [5.41, 5.74) is 3.67. The van der Waals surface area contributed by atoms with E-state index in [-0.39, 0.29) is 0 Å². The Morgan fingerprint density at radius 1 is 1.19 bits per heavy atom. The van der Waals surface area contributed by atoms with Crippen LogP contribution >= 0.6 is 0 Å². The van der Waals surface area contributed by atoms with Crippen LogP contribution in [-0.4, -0.2) is 19.2 Å². The number of rotatable bonds is 4. The van der Waals surface area contributed by atoms with Crippen LogP contribution in [0.3, 0.4) is 0 Å². The molecule has 0 bridgehead atoms. The second-order valence-corrected chi connectivity index (χ2v) is 5.64. The van der Waals surface area contributed by atoms with E-state index in [1.165, 1.54) is 11.1 Å². The third-order valence-electron chi connectivity index (χ3n) is 3.99. The number of benzene rings is 2. The molecule has 0 saturated heterocycles. The maximum Gasteiger partial charge on any atom is 0.142 e. The molecule has 0 fully saturated rings. The van der Waals surface area contributed by atoms with E-state index in [1.807, 2.05) is 18.2 Å². The van der Waals surface area contributed by atoms with Crippen LogP contribution in [0.15, 0.2) is 48.5 Å². The van der Waals surface area contributed by atoms with Crippen LogP contribution in [0.5, 0.6) is 5.75 Å². The summed E-state index contributed by atoms with van der Waals surface area (Å²) in [5, 5.41) is 7.16. The van der Waals surface area contributed by atoms with Crippen molar-refractivity contribution in [3.63, 3.8) is 0 Å². The first-order chi connectivity index (χ1) is 10.2. The van der Waals surface area contributed by atoms with Crippen molar-refractivity contribution in [1.29, 1.82) is 0 Å². The molecule has 0 saturated carbocycles. The molecule has 3 rings (SSSR count). The predicted molar refractivity (Wildman–Crippen MR) is 86.9 cm³/mol. The third-order valence-corrected chi connectivity index (χ3v) is 3.99. The van der Waals surface area contributed by atoms with E-state index in [9.17, 15) is 0 Å². The minimum atomic E-state index is 0.296. The van der Waals surface area contributed by atoms with Gasteiger partial charge in [-0.3, -0.25) is 0 Å². The Balaban J connectivity index is 1.59. The second-order valence-electron chi connectivity index (χ2n) is 5.64. The topological polar surface area (TPSA) is 33.3 Å². The fourth-order valence-corrected chi connectivity index (χ4v) is 2.67. The highest BCUT2D eigenvalue weighted by Crippen LogP contribution is 2.31. The van der Waals surface area contributed by atoms with Crippen LogP contribution in [0.2, 0.25) is 0 Å². The number of hydrogen-bond donors (Lipinski definition) is 2. The largest absolute Gasteiger partial charge is 0.489 e. The van der Waals surface area contributed by atoms with Gasteiger partial charge in [0.05, 0.1) is 11.7 Å². The van der Waals surface area contributed by atoms with Crippen molar-refractivity contribution >= 4 is 5.69 Å². The first-order valence-electron chi connectivity index (χ1n) is 7.51. The van der Waals surface area contributed by atoms with E-state index in [4.69, 9.17) is 4.74 Å². The average Bonchev–Trinajstić information content (AvgIpc) is 2.54. The minimum Gasteiger partial charge on any atom is -0.489 e. The SMILES string of the molecule is Cc1cccc2c1NC(CN[C@H](C)c1ccccc1)CO2. The standard InChI is InChI=1S/C18H22N2O/c1-13-7-6-10-17-18(13)20-16(12-21-17)11-19-14(2)15-8-4-3-5-9-15/h3-10,14,16,19-20H,11-12H2,1-2H3/t14-,16?/m1/s1. The highest BCUT2D eigenvalue weighted by Gasteiger charge is 2.20. The number of hydrogen-bond acceptors (Lipinski definition) is 3. The zero-order valence-corrected chi connectivity index (χ0v) is 12.6. The fraction of sp³-hybridized carbons (Fsp3) is 0.333. The van der Waals surface area contributed by atoms with Gasteiger partial charge in [0.2, 0.25) is 0 Å². The highest BCUT2D eigenvalue weighted by molar-refractivity contribution is 5.63. The summed E-state index contributed by atoms with van der Waals surface area (Å²) in [4.78, 5) is 0. The number of ether oxygens (including phenoxy) is 1. The van der Waals surface area contributed by atoms with Crippen molar-refractivity contribution < 1.29 is 4.74 Å². The summed E-state index contributed by atoms with van der Waals surface area (Å²) in [7, 11) is 0. The molecule has 0 radical (unpaired) electrons. The molecular weight excluding hydrogens is 260 g/mol. The van der Waals surface area contributed by atoms with Crippen LogP contribution in [0.25, 0.3) is 0 Å². The van der Waals surface area contributed by atoms with Crippen LogP contribution in [0, 0.1) is 6.92 Å². The fourth-order valence-electron chi connectivity index (χ4n) is 2.67. The smallest absolute Gasteiger partial charge is 0.142 e. The normalized spacial score (nSPS) is 18.3. The summed E-state index contributed by atoms with van der Waals surface area (Å²) >= 11 is 0. The van der Waals surface area contributed by atoms with Crippen molar-refractivity contribution in [3.8, 4) is 5.75 Å². The summed E-state index contributed by atoms with van der Waals surface area (Å²) in [6.45, 7) is 5.88. The van der Waals surface area contributed by atoms with Crippen LogP contribution in [0.1, 0.15) is 24.1 Å². The first-order valence-corrected chi connectivity index (χ1v) is 7.51. The summed E-state index contributed by atoms with van der Waals surface area (Å²) in [6, 6.07) is 17.3. The molecule has 110 valence electrons. The van der Waals surface area contributed by atoms with Gasteiger partial charge in [-0.1, -0.05) is 42.5 Å². The Bertz CT molecular complexity index is 597. The Hall–Kier alpha value is -2.00. The van der Waals surface area contributed by atoms with Gasteiger partial charge in [0.15, 0.2) is 0 Å². The molecule has 2 atom stereocenters. The van der Waals surface area contributed by atoms with Gasteiger partial charge in [0, 0.05) is 12.6 Å². The van der Waals surface area contributed by atoms with Gasteiger partial charge in [-0.2, -0.15) is 0 Å². The molecule has 0 amide bonds. The molecule has 1 heterocycles. The molecule has 0 spiro atoms. The Kier molecular flexibility index (Phi) is 4.11. The monoisotopic (exact) mass is 282 g/mol. The predicted octanol–water partition coefficient (Wildman–Crippen LogP) is 3.52. The number of para-hydroxylation sites is 1. The molecule has 21 heavy (non-hydrogen) atoms. The second kappa shape index (κ2) is 6.19. The van der Waals surface area contributed by atoms with Gasteiger partial charge in [-0.25, -0.2) is 0 Å². The van der Waals surface area contributed by atoms with Gasteiger partial charge < -0.3 is 15.4 Å². The Labute approximate surface area is 126 Å². The van der Waals surface area contributed by atoms with Crippen LogP contribution in [0.4, 0.5) is 5.69 Å². The lowest BCUT2D eigenvalue weighted by Crippen LogP contribution is -2.41. The van der Waals surface area contributed by atoms with Crippen molar-refractivity contribution in [3.05, 3.63) is 59.7 Å². The number of aryl methyl sites for hydroxylation is 1. The maximum atomic E-state index is 5.85. The van der Waals surface area contributed by atoms with Gasteiger partial charge in [-0.15, -0.1) is 0 Å². The van der Waals surface area contributed by atoms with E-state index < -0.39 is 0 Å². The molecule has 2 aromatic carbocycles. The van der Waals surface area contributed by atoms with E-state index in [1.54, 1.807) is 0 Å². The highest BCUT2D eigenvalue weighted by atomic mass is 16.5. The summed E-state index contributed by atoms with van der Waals surface area (Å²) in [6.07, 6.45) is 0. The van der Waals surface area contributed by atoms with Crippen molar-refractivity contribution in [2.24, 2.45) is 0 Å². The average molecular weight is 282 g/mol. The molecule has 1 aliphatic rings. The van der Waals surface area contributed by atoms with Crippen LogP contribution in [-0.2, 0) is 0 Å². The maximum absolute atomic E-state index is 5.85. The van der Waals surface area contributed by atoms with E-state index in [0.717, 1.165) is 18.0 Å². The Morgan fingerprint density at radius 2 is 2.00 bits per heavy atom. The quantitative estimate of drug-likeness (QED) is 0.900. The van der Waals surface area contributed by atoms with Crippen molar-refractivity contribution in [1.82, 2.24) is 5.32 Å². The lowest BCUT2D eigenvalue weighted by atomic mass is 10.1. The van der Waals surface area contributed by atoms with Crippen LogP contribution < -0.4 is 15.4 Å². The molecule has 3 nitrogen and oxygen atoms in total. The lowest BCUT2D eigenvalue weighted by molar-refractivity contribution is 0.277. The van der Waals surface area contributed by atoms with Gasteiger partial charge in [0.25, 0.3) is 0 Å². The molecule has 2 aromatic rings. The van der Waals surface area contributed by atoms with Gasteiger partial charge >= 0.3 is 0 Å². The number of fused-ring (bicyclic) bond motifs is 1. The van der Waals surface area contributed by atoms with E-state index in [0.29, 0.717) is 18.7 Å². The van der Waals surface area contributed by atoms with E-state index in [2.05, 4.69) is 54.8 Å². The molecule has 0 aromatic heterocycles. The molecule has 2 N–H and O–H groups in total. The molecular formula is C18H22N2O. The van der Waals surface area contributed by atoms with Crippen molar-refractivity contribution in [2.75, 3.05) is 18.5 Å². The van der Waals surface area contributed by atoms with Crippen molar-refractivity contribution in [2.45, 2.75) is 25.9 Å². The summed E-state index contributed by atoms with van der Waals surface area (Å²) in [5.74, 6) is 0.961. The number of nitrogens with one attached hydrogen (secondary N) is 2. The zero-order valence-electron chi connectivity index (χ0n) is 12.6. The molecule has 1 unspecified atom stereocenters. The van der Waals surface area contributed by atoms with E-state index >= 15 is 0 Å². The third kappa shape index (κ3) is 3.19. The minimum absolute atomic E-state index is 0.296. The molecule has 0 aliphatic carbocycles. The van der Waals surface area contributed by atoms with Gasteiger partial charge in [-0.05, 0) is 31.0 Å². The molecule has 3 heteroatoms. The zero-order chi connectivity index (χ0) is 14.7. The van der Waals surface area contributed by atoms with Gasteiger partial charge in [0.1, 0.15) is 12.4 Å². The summed E-state index contributed by atoms with van der Waals surface area (Å²) < 4.78 is 5.85. The lowest BCUT2D eigenvalue weighted by Gasteiger charge is -2.29. The Morgan fingerprint density at radius 3 is 2.81 bits per heavy atom. The first kappa shape index (κ1) is 14.0.